The molecule has 0 aliphatic heterocycles. The van der Waals surface area contributed by atoms with Gasteiger partial charge in [0.2, 0.25) is 0 Å². The molecule has 16 heavy (non-hydrogen) atoms. The van der Waals surface area contributed by atoms with E-state index in [1.807, 2.05) is 12.1 Å². The minimum absolute atomic E-state index is 0.0341. The van der Waals surface area contributed by atoms with Crippen molar-refractivity contribution in [3.8, 4) is 0 Å². The van der Waals surface area contributed by atoms with E-state index < -0.39 is 12.8 Å². The van der Waals surface area contributed by atoms with Crippen LogP contribution in [0.3, 0.4) is 0 Å². The first kappa shape index (κ1) is 12.9. The number of hydrogen-bond acceptors (Lipinski definition) is 3. The van der Waals surface area contributed by atoms with Crippen LogP contribution < -0.4 is 5.32 Å². The molecule has 6 heteroatoms. The summed E-state index contributed by atoms with van der Waals surface area (Å²) in [6.45, 7) is -0.270. The van der Waals surface area contributed by atoms with E-state index in [0.717, 1.165) is 5.69 Å². The molecule has 0 spiro atoms. The van der Waals surface area contributed by atoms with Crippen LogP contribution in [0, 0.1) is 0 Å². The third kappa shape index (κ3) is 6.36. The molecular formula is C10H13F3N2O. The van der Waals surface area contributed by atoms with Gasteiger partial charge < -0.3 is 10.1 Å². The minimum atomic E-state index is -4.25. The van der Waals surface area contributed by atoms with Crippen LogP contribution in [-0.4, -0.2) is 30.9 Å². The van der Waals surface area contributed by atoms with E-state index in [1.165, 1.54) is 0 Å². The zero-order valence-electron chi connectivity index (χ0n) is 8.63. The van der Waals surface area contributed by atoms with Crippen LogP contribution in [0.2, 0.25) is 0 Å². The van der Waals surface area contributed by atoms with E-state index in [9.17, 15) is 13.2 Å². The Morgan fingerprint density at radius 3 is 2.75 bits per heavy atom. The highest BCUT2D eigenvalue weighted by molar-refractivity contribution is 5.02. The van der Waals surface area contributed by atoms with Gasteiger partial charge in [-0.3, -0.25) is 4.98 Å². The first-order valence-electron chi connectivity index (χ1n) is 4.83. The molecule has 0 aliphatic rings. The smallest absolute Gasteiger partial charge is 0.371 e. The van der Waals surface area contributed by atoms with E-state index >= 15 is 0 Å². The van der Waals surface area contributed by atoms with Gasteiger partial charge in [0.25, 0.3) is 0 Å². The quantitative estimate of drug-likeness (QED) is 0.761. The first-order chi connectivity index (χ1) is 7.58. The van der Waals surface area contributed by atoms with Gasteiger partial charge in [0.05, 0.1) is 12.3 Å². The average Bonchev–Trinajstić information content (AvgIpc) is 2.23. The Morgan fingerprint density at radius 2 is 2.12 bits per heavy atom. The molecule has 90 valence electrons. The monoisotopic (exact) mass is 234 g/mol. The maximum Gasteiger partial charge on any atom is 0.411 e. The lowest BCUT2D eigenvalue weighted by Crippen LogP contribution is -2.23. The summed E-state index contributed by atoms with van der Waals surface area (Å²) in [5.41, 5.74) is 0.846. The van der Waals surface area contributed by atoms with Crippen LogP contribution >= 0.6 is 0 Å². The van der Waals surface area contributed by atoms with Crippen molar-refractivity contribution in [3.05, 3.63) is 30.1 Å². The van der Waals surface area contributed by atoms with Crippen LogP contribution in [-0.2, 0) is 11.3 Å². The molecule has 0 saturated carbocycles. The normalized spacial score (nSPS) is 11.7. The Balaban J connectivity index is 2.01. The van der Waals surface area contributed by atoms with E-state index in [1.54, 1.807) is 12.3 Å². The Hall–Kier alpha value is -1.14. The Bertz CT molecular complexity index is 290. The zero-order chi connectivity index (χ0) is 11.9. The summed E-state index contributed by atoms with van der Waals surface area (Å²) in [4.78, 5) is 4.05. The van der Waals surface area contributed by atoms with Gasteiger partial charge in [-0.15, -0.1) is 0 Å². The number of halogens is 3. The Morgan fingerprint density at radius 1 is 1.31 bits per heavy atom. The molecule has 0 radical (unpaired) electrons. The summed E-state index contributed by atoms with van der Waals surface area (Å²) in [7, 11) is 0. The molecule has 0 unspecified atom stereocenters. The van der Waals surface area contributed by atoms with Gasteiger partial charge in [-0.05, 0) is 12.1 Å². The van der Waals surface area contributed by atoms with Gasteiger partial charge in [0, 0.05) is 19.3 Å². The summed E-state index contributed by atoms with van der Waals surface area (Å²) < 4.78 is 39.5. The van der Waals surface area contributed by atoms with Gasteiger partial charge >= 0.3 is 6.18 Å². The molecule has 1 rings (SSSR count). The summed E-state index contributed by atoms with van der Waals surface area (Å²) in [6.07, 6.45) is -2.59. The summed E-state index contributed by atoms with van der Waals surface area (Å²) >= 11 is 0. The van der Waals surface area contributed by atoms with Crippen molar-refractivity contribution < 1.29 is 17.9 Å². The number of pyridine rings is 1. The second kappa shape index (κ2) is 6.44. The number of nitrogens with zero attached hydrogens (tertiary/aromatic N) is 1. The maximum atomic E-state index is 11.7. The van der Waals surface area contributed by atoms with Crippen LogP contribution in [0.25, 0.3) is 0 Å². The summed E-state index contributed by atoms with van der Waals surface area (Å²) in [5.74, 6) is 0. The van der Waals surface area contributed by atoms with Crippen molar-refractivity contribution in [2.45, 2.75) is 12.7 Å². The number of nitrogens with one attached hydrogen (secondary N) is 1. The molecule has 0 amide bonds. The highest BCUT2D eigenvalue weighted by Crippen LogP contribution is 2.13. The highest BCUT2D eigenvalue weighted by Gasteiger charge is 2.27. The van der Waals surface area contributed by atoms with E-state index in [4.69, 9.17) is 0 Å². The number of ether oxygens (including phenoxy) is 1. The fourth-order valence-corrected chi connectivity index (χ4v) is 1.05. The average molecular weight is 234 g/mol. The highest BCUT2D eigenvalue weighted by atomic mass is 19.4. The maximum absolute atomic E-state index is 11.7. The fraction of sp³-hybridized carbons (Fsp3) is 0.500. The molecular weight excluding hydrogens is 221 g/mol. The molecule has 1 aromatic rings. The van der Waals surface area contributed by atoms with Crippen molar-refractivity contribution in [1.29, 1.82) is 0 Å². The molecule has 0 aromatic carbocycles. The summed E-state index contributed by atoms with van der Waals surface area (Å²) in [6, 6.07) is 5.49. The molecule has 0 bridgehead atoms. The standard InChI is InChI=1S/C10H13F3N2O/c11-10(12,13)8-16-6-5-14-7-9-3-1-2-4-15-9/h1-4,14H,5-8H2. The van der Waals surface area contributed by atoms with Crippen LogP contribution in [0.1, 0.15) is 5.69 Å². The van der Waals surface area contributed by atoms with Gasteiger partial charge in [-0.1, -0.05) is 6.07 Å². The van der Waals surface area contributed by atoms with Crippen LogP contribution in [0.5, 0.6) is 0 Å². The van der Waals surface area contributed by atoms with Gasteiger partial charge in [-0.2, -0.15) is 13.2 Å². The van der Waals surface area contributed by atoms with Gasteiger partial charge in [0.1, 0.15) is 6.61 Å². The number of aromatic nitrogens is 1. The Labute approximate surface area is 91.6 Å². The SMILES string of the molecule is FC(F)(F)COCCNCc1ccccn1. The lowest BCUT2D eigenvalue weighted by molar-refractivity contribution is -0.173. The first-order valence-corrected chi connectivity index (χ1v) is 4.83. The molecule has 0 saturated heterocycles. The molecule has 3 nitrogen and oxygen atoms in total. The largest absolute Gasteiger partial charge is 0.411 e. The lowest BCUT2D eigenvalue weighted by atomic mass is 10.3. The predicted octanol–water partition coefficient (Wildman–Crippen LogP) is 1.75. The van der Waals surface area contributed by atoms with Crippen molar-refractivity contribution in [1.82, 2.24) is 10.3 Å². The van der Waals surface area contributed by atoms with Gasteiger partial charge in [-0.25, -0.2) is 0 Å². The molecule has 0 atom stereocenters. The van der Waals surface area contributed by atoms with Crippen LogP contribution in [0.15, 0.2) is 24.4 Å². The van der Waals surface area contributed by atoms with E-state index in [0.29, 0.717) is 13.1 Å². The second-order valence-electron chi connectivity index (χ2n) is 3.17. The third-order valence-electron chi connectivity index (χ3n) is 1.72. The molecule has 0 fully saturated rings. The van der Waals surface area contributed by atoms with Crippen molar-refractivity contribution >= 4 is 0 Å². The van der Waals surface area contributed by atoms with E-state index in [-0.39, 0.29) is 6.61 Å². The number of rotatable bonds is 6. The van der Waals surface area contributed by atoms with E-state index in [2.05, 4.69) is 15.0 Å². The molecule has 1 heterocycles. The molecule has 1 N–H and O–H groups in total. The van der Waals surface area contributed by atoms with Gasteiger partial charge in [0.15, 0.2) is 0 Å². The fourth-order valence-electron chi connectivity index (χ4n) is 1.05. The van der Waals surface area contributed by atoms with Crippen molar-refractivity contribution in [2.75, 3.05) is 19.8 Å². The zero-order valence-corrected chi connectivity index (χ0v) is 8.63. The number of hydrogen-bond donors (Lipinski definition) is 1. The third-order valence-corrected chi connectivity index (χ3v) is 1.72. The molecule has 0 aliphatic carbocycles. The molecule has 1 aromatic heterocycles. The minimum Gasteiger partial charge on any atom is -0.371 e. The Kier molecular flexibility index (Phi) is 5.21. The number of alkyl halides is 3. The summed E-state index contributed by atoms with van der Waals surface area (Å²) in [5, 5.41) is 2.93. The van der Waals surface area contributed by atoms with Crippen LogP contribution in [0.4, 0.5) is 13.2 Å². The predicted molar refractivity (Wildman–Crippen MR) is 52.8 cm³/mol. The second-order valence-corrected chi connectivity index (χ2v) is 3.17. The lowest BCUT2D eigenvalue weighted by Gasteiger charge is -2.08. The topological polar surface area (TPSA) is 34.1 Å². The van der Waals surface area contributed by atoms with Crippen molar-refractivity contribution in [2.24, 2.45) is 0 Å². The van der Waals surface area contributed by atoms with Crippen molar-refractivity contribution in [3.63, 3.8) is 0 Å².